The molecule has 1 atom stereocenters. The van der Waals surface area contributed by atoms with Gasteiger partial charge in [0.25, 0.3) is 0 Å². The van der Waals surface area contributed by atoms with Crippen molar-refractivity contribution in [1.29, 1.82) is 0 Å². The van der Waals surface area contributed by atoms with Crippen LogP contribution in [0.4, 0.5) is 0 Å². The van der Waals surface area contributed by atoms with E-state index in [4.69, 9.17) is 10.5 Å². The van der Waals surface area contributed by atoms with E-state index in [1.165, 1.54) is 0 Å². The summed E-state index contributed by atoms with van der Waals surface area (Å²) in [5.41, 5.74) is 5.54. The van der Waals surface area contributed by atoms with Gasteiger partial charge < -0.3 is 10.5 Å². The molecule has 1 saturated heterocycles. The summed E-state index contributed by atoms with van der Waals surface area (Å²) >= 11 is 0. The van der Waals surface area contributed by atoms with Gasteiger partial charge in [-0.3, -0.25) is 9.80 Å². The quantitative estimate of drug-likeness (QED) is 0.790. The summed E-state index contributed by atoms with van der Waals surface area (Å²) in [7, 11) is 1.76. The van der Waals surface area contributed by atoms with Crippen molar-refractivity contribution >= 4 is 24.8 Å². The van der Waals surface area contributed by atoms with Crippen LogP contribution >= 0.6 is 24.8 Å². The van der Waals surface area contributed by atoms with Gasteiger partial charge >= 0.3 is 0 Å². The lowest BCUT2D eigenvalue weighted by Crippen LogP contribution is -2.53. The summed E-state index contributed by atoms with van der Waals surface area (Å²) in [6.45, 7) is 9.39. The summed E-state index contributed by atoms with van der Waals surface area (Å²) in [4.78, 5) is 4.92. The van der Waals surface area contributed by atoms with Crippen molar-refractivity contribution in [3.05, 3.63) is 0 Å². The number of ether oxygens (including phenoxy) is 1. The van der Waals surface area contributed by atoms with Crippen LogP contribution in [0.3, 0.4) is 0 Å². The van der Waals surface area contributed by atoms with Gasteiger partial charge in [0.05, 0.1) is 6.61 Å². The van der Waals surface area contributed by atoms with E-state index in [1.54, 1.807) is 7.11 Å². The van der Waals surface area contributed by atoms with Crippen molar-refractivity contribution < 1.29 is 4.74 Å². The lowest BCUT2D eigenvalue weighted by Gasteiger charge is -2.39. The largest absolute Gasteiger partial charge is 0.383 e. The number of nitrogens with zero attached hydrogens (tertiary/aromatic N) is 2. The number of halogens is 2. The Kier molecular flexibility index (Phi) is 12.4. The Balaban J connectivity index is 0. The highest BCUT2D eigenvalue weighted by Gasteiger charge is 2.22. The summed E-state index contributed by atoms with van der Waals surface area (Å²) < 4.78 is 5.09. The summed E-state index contributed by atoms with van der Waals surface area (Å²) in [5, 5.41) is 0. The number of methoxy groups -OCH3 is 1. The van der Waals surface area contributed by atoms with Gasteiger partial charge in [-0.15, -0.1) is 24.8 Å². The molecule has 100 valence electrons. The topological polar surface area (TPSA) is 41.7 Å². The second-order valence-corrected chi connectivity index (χ2v) is 3.97. The van der Waals surface area contributed by atoms with Crippen molar-refractivity contribution in [2.75, 3.05) is 53.0 Å². The molecule has 16 heavy (non-hydrogen) atoms. The molecule has 0 aliphatic carbocycles. The first-order valence-electron chi connectivity index (χ1n) is 5.43. The van der Waals surface area contributed by atoms with Crippen molar-refractivity contribution in [3.8, 4) is 0 Å². The second kappa shape index (κ2) is 10.6. The van der Waals surface area contributed by atoms with E-state index in [2.05, 4.69) is 16.7 Å². The third-order valence-electron chi connectivity index (χ3n) is 2.88. The zero-order valence-corrected chi connectivity index (χ0v) is 11.9. The smallest absolute Gasteiger partial charge is 0.0589 e. The second-order valence-electron chi connectivity index (χ2n) is 3.97. The molecular weight excluding hydrogens is 249 g/mol. The molecule has 1 unspecified atom stereocenters. The number of hydrogen-bond donors (Lipinski definition) is 1. The van der Waals surface area contributed by atoms with Crippen LogP contribution in [-0.2, 0) is 4.74 Å². The van der Waals surface area contributed by atoms with E-state index in [1.807, 2.05) is 0 Å². The fourth-order valence-corrected chi connectivity index (χ4v) is 2.00. The highest BCUT2D eigenvalue weighted by atomic mass is 35.5. The van der Waals surface area contributed by atoms with E-state index in [9.17, 15) is 0 Å². The molecule has 0 saturated carbocycles. The summed E-state index contributed by atoms with van der Waals surface area (Å²) in [5.74, 6) is 0. The first-order valence-corrected chi connectivity index (χ1v) is 5.43. The molecule has 0 aromatic rings. The minimum absolute atomic E-state index is 0. The zero-order chi connectivity index (χ0) is 10.4. The molecular formula is C10H25Cl2N3O. The average Bonchev–Trinajstić information content (AvgIpc) is 2.17. The molecule has 1 aliphatic heterocycles. The number of hydrogen-bond acceptors (Lipinski definition) is 4. The third-order valence-corrected chi connectivity index (χ3v) is 2.88. The van der Waals surface area contributed by atoms with E-state index in [0.29, 0.717) is 6.04 Å². The molecule has 0 spiro atoms. The fraction of sp³-hybridized carbons (Fsp3) is 1.00. The SMILES string of the molecule is COCCN1CCN(CCN)CC1C.Cl.Cl. The van der Waals surface area contributed by atoms with Gasteiger partial charge in [-0.05, 0) is 6.92 Å². The molecule has 6 heteroatoms. The fourth-order valence-electron chi connectivity index (χ4n) is 2.00. The van der Waals surface area contributed by atoms with Gasteiger partial charge in [-0.1, -0.05) is 0 Å². The Bertz CT molecular complexity index is 163. The monoisotopic (exact) mass is 273 g/mol. The number of rotatable bonds is 5. The molecule has 0 aromatic carbocycles. The maximum absolute atomic E-state index is 5.54. The molecule has 0 radical (unpaired) electrons. The maximum Gasteiger partial charge on any atom is 0.0589 e. The van der Waals surface area contributed by atoms with Crippen LogP contribution in [0.15, 0.2) is 0 Å². The van der Waals surface area contributed by atoms with E-state index in [-0.39, 0.29) is 24.8 Å². The van der Waals surface area contributed by atoms with Gasteiger partial charge in [-0.2, -0.15) is 0 Å². The first-order chi connectivity index (χ1) is 6.77. The zero-order valence-electron chi connectivity index (χ0n) is 10.2. The normalized spacial score (nSPS) is 22.3. The Morgan fingerprint density at radius 1 is 1.25 bits per heavy atom. The van der Waals surface area contributed by atoms with Crippen LogP contribution in [0, 0.1) is 0 Å². The number of nitrogens with two attached hydrogens (primary N) is 1. The summed E-state index contributed by atoms with van der Waals surface area (Å²) in [6.07, 6.45) is 0. The third kappa shape index (κ3) is 6.23. The maximum atomic E-state index is 5.54. The van der Waals surface area contributed by atoms with Crippen LogP contribution in [-0.4, -0.2) is 68.8 Å². The molecule has 1 aliphatic rings. The average molecular weight is 274 g/mol. The Morgan fingerprint density at radius 2 is 1.94 bits per heavy atom. The molecule has 1 fully saturated rings. The van der Waals surface area contributed by atoms with Crippen LogP contribution < -0.4 is 5.73 Å². The van der Waals surface area contributed by atoms with Gasteiger partial charge in [0, 0.05) is 52.4 Å². The molecule has 1 heterocycles. The minimum atomic E-state index is 0. The predicted octanol–water partition coefficient (Wildman–Crippen LogP) is 0.441. The van der Waals surface area contributed by atoms with Crippen LogP contribution in [0.25, 0.3) is 0 Å². The van der Waals surface area contributed by atoms with Crippen molar-refractivity contribution in [2.45, 2.75) is 13.0 Å². The Labute approximate surface area is 111 Å². The first kappa shape index (κ1) is 18.8. The highest BCUT2D eigenvalue weighted by molar-refractivity contribution is 5.85. The van der Waals surface area contributed by atoms with Crippen LogP contribution in [0.1, 0.15) is 6.92 Å². The molecule has 0 amide bonds. The van der Waals surface area contributed by atoms with Crippen LogP contribution in [0.2, 0.25) is 0 Å². The molecule has 0 bridgehead atoms. The van der Waals surface area contributed by atoms with E-state index in [0.717, 1.165) is 45.9 Å². The summed E-state index contributed by atoms with van der Waals surface area (Å²) in [6, 6.07) is 0.630. The minimum Gasteiger partial charge on any atom is -0.383 e. The predicted molar refractivity (Wildman–Crippen MR) is 72.9 cm³/mol. The van der Waals surface area contributed by atoms with Gasteiger partial charge in [0.15, 0.2) is 0 Å². The Morgan fingerprint density at radius 3 is 2.44 bits per heavy atom. The van der Waals surface area contributed by atoms with E-state index >= 15 is 0 Å². The van der Waals surface area contributed by atoms with E-state index < -0.39 is 0 Å². The van der Waals surface area contributed by atoms with Gasteiger partial charge in [0.2, 0.25) is 0 Å². The Hall–Kier alpha value is 0.420. The number of piperazine rings is 1. The van der Waals surface area contributed by atoms with Gasteiger partial charge in [-0.25, -0.2) is 0 Å². The van der Waals surface area contributed by atoms with Gasteiger partial charge in [0.1, 0.15) is 0 Å². The standard InChI is InChI=1S/C10H23N3O.2ClH/c1-10-9-12(4-3-11)5-6-13(10)7-8-14-2;;/h10H,3-9,11H2,1-2H3;2*1H. The van der Waals surface area contributed by atoms with Crippen molar-refractivity contribution in [3.63, 3.8) is 0 Å². The lowest BCUT2D eigenvalue weighted by molar-refractivity contribution is 0.0604. The molecule has 4 nitrogen and oxygen atoms in total. The lowest BCUT2D eigenvalue weighted by atomic mass is 10.2. The van der Waals surface area contributed by atoms with Crippen molar-refractivity contribution in [2.24, 2.45) is 5.73 Å². The van der Waals surface area contributed by atoms with Crippen molar-refractivity contribution in [1.82, 2.24) is 9.80 Å². The van der Waals surface area contributed by atoms with Crippen LogP contribution in [0.5, 0.6) is 0 Å². The highest BCUT2D eigenvalue weighted by Crippen LogP contribution is 2.08. The molecule has 2 N–H and O–H groups in total. The molecule has 0 aromatic heterocycles. The molecule has 1 rings (SSSR count).